The fourth-order valence-corrected chi connectivity index (χ4v) is 3.25. The molecular weight excluding hydrogens is 351 g/mol. The van der Waals surface area contributed by atoms with Gasteiger partial charge in [0.05, 0.1) is 5.69 Å². The molecule has 21 heavy (non-hydrogen) atoms. The molecule has 0 amide bonds. The third-order valence-electron chi connectivity index (χ3n) is 2.84. The van der Waals surface area contributed by atoms with E-state index in [1.165, 1.54) is 15.7 Å². The summed E-state index contributed by atoms with van der Waals surface area (Å²) in [5.41, 5.74) is 0.748. The van der Waals surface area contributed by atoms with E-state index in [-0.39, 0.29) is 10.6 Å². The van der Waals surface area contributed by atoms with Crippen LogP contribution in [0, 0.1) is 0 Å². The van der Waals surface area contributed by atoms with Crippen molar-refractivity contribution in [3.63, 3.8) is 0 Å². The van der Waals surface area contributed by atoms with Gasteiger partial charge in [-0.05, 0) is 24.3 Å². The molecule has 106 valence electrons. The van der Waals surface area contributed by atoms with Crippen molar-refractivity contribution >= 4 is 63.3 Å². The molecule has 0 N–H and O–H groups in total. The predicted octanol–water partition coefficient (Wildman–Crippen LogP) is 4.89. The van der Waals surface area contributed by atoms with E-state index in [1.54, 1.807) is 41.9 Å². The normalized spacial score (nSPS) is 11.6. The van der Waals surface area contributed by atoms with Crippen molar-refractivity contribution in [3.8, 4) is 0 Å². The van der Waals surface area contributed by atoms with Crippen LogP contribution in [-0.4, -0.2) is 9.38 Å². The van der Waals surface area contributed by atoms with Gasteiger partial charge in [-0.25, -0.2) is 4.98 Å². The minimum atomic E-state index is -0.298. The number of halogens is 3. The summed E-state index contributed by atoms with van der Waals surface area (Å²) in [6.07, 6.45) is 4.97. The first-order valence-electron chi connectivity index (χ1n) is 5.85. The average Bonchev–Trinajstić information content (AvgIpc) is 2.92. The molecule has 2 aromatic heterocycles. The SMILES string of the molecule is O=c1c(Cl)c(/C=C/c2c(Cl)cccc2Cl)nc2sccn12. The molecule has 0 saturated heterocycles. The Bertz CT molecular complexity index is 894. The Hall–Kier alpha value is -1.33. The van der Waals surface area contributed by atoms with Gasteiger partial charge in [0.15, 0.2) is 4.96 Å². The van der Waals surface area contributed by atoms with Crippen molar-refractivity contribution in [1.82, 2.24) is 9.38 Å². The molecule has 0 aliphatic heterocycles. The lowest BCUT2D eigenvalue weighted by Gasteiger charge is -2.02. The minimum absolute atomic E-state index is 0.0605. The van der Waals surface area contributed by atoms with Crippen LogP contribution in [0.25, 0.3) is 17.1 Å². The molecule has 0 fully saturated rings. The van der Waals surface area contributed by atoms with Crippen LogP contribution >= 0.6 is 46.1 Å². The molecule has 3 aromatic rings. The first-order valence-corrected chi connectivity index (χ1v) is 7.87. The van der Waals surface area contributed by atoms with Gasteiger partial charge in [-0.15, -0.1) is 11.3 Å². The maximum absolute atomic E-state index is 12.1. The van der Waals surface area contributed by atoms with Crippen molar-refractivity contribution < 1.29 is 0 Å². The fraction of sp³-hybridized carbons (Fsp3) is 0. The Morgan fingerprint density at radius 3 is 2.57 bits per heavy atom. The molecule has 7 heteroatoms. The Kier molecular flexibility index (Phi) is 4.04. The third-order valence-corrected chi connectivity index (χ3v) is 4.62. The number of aromatic nitrogens is 2. The average molecular weight is 358 g/mol. The van der Waals surface area contributed by atoms with Crippen molar-refractivity contribution in [2.24, 2.45) is 0 Å². The highest BCUT2D eigenvalue weighted by Gasteiger charge is 2.09. The van der Waals surface area contributed by atoms with E-state index < -0.39 is 0 Å². The molecule has 2 heterocycles. The van der Waals surface area contributed by atoms with E-state index in [9.17, 15) is 4.79 Å². The Labute approximate surface area is 139 Å². The van der Waals surface area contributed by atoms with Crippen LogP contribution < -0.4 is 5.56 Å². The second-order valence-electron chi connectivity index (χ2n) is 4.14. The zero-order valence-corrected chi connectivity index (χ0v) is 13.5. The lowest BCUT2D eigenvalue weighted by molar-refractivity contribution is 1.07. The topological polar surface area (TPSA) is 34.4 Å². The van der Waals surface area contributed by atoms with Gasteiger partial charge in [-0.3, -0.25) is 9.20 Å². The van der Waals surface area contributed by atoms with Crippen LogP contribution in [0.5, 0.6) is 0 Å². The van der Waals surface area contributed by atoms with E-state index in [1.807, 2.05) is 0 Å². The highest BCUT2D eigenvalue weighted by atomic mass is 35.5. The van der Waals surface area contributed by atoms with Gasteiger partial charge < -0.3 is 0 Å². The number of hydrogen-bond acceptors (Lipinski definition) is 3. The van der Waals surface area contributed by atoms with E-state index >= 15 is 0 Å². The highest BCUT2D eigenvalue weighted by Crippen LogP contribution is 2.26. The zero-order valence-electron chi connectivity index (χ0n) is 10.4. The lowest BCUT2D eigenvalue weighted by Crippen LogP contribution is -2.14. The van der Waals surface area contributed by atoms with Crippen molar-refractivity contribution in [2.75, 3.05) is 0 Å². The Morgan fingerprint density at radius 2 is 1.86 bits per heavy atom. The van der Waals surface area contributed by atoms with Gasteiger partial charge in [0.1, 0.15) is 5.02 Å². The van der Waals surface area contributed by atoms with E-state index in [0.717, 1.165) is 0 Å². The monoisotopic (exact) mass is 356 g/mol. The summed E-state index contributed by atoms with van der Waals surface area (Å²) in [5.74, 6) is 0. The number of nitrogens with zero attached hydrogens (tertiary/aromatic N) is 2. The highest BCUT2D eigenvalue weighted by molar-refractivity contribution is 7.15. The van der Waals surface area contributed by atoms with Crippen LogP contribution in [0.1, 0.15) is 11.3 Å². The molecule has 0 unspecified atom stereocenters. The summed E-state index contributed by atoms with van der Waals surface area (Å²) >= 11 is 19.6. The summed E-state index contributed by atoms with van der Waals surface area (Å²) in [5, 5.41) is 2.87. The van der Waals surface area contributed by atoms with Crippen LogP contribution in [0.3, 0.4) is 0 Å². The zero-order chi connectivity index (χ0) is 15.0. The summed E-state index contributed by atoms with van der Waals surface area (Å²) in [7, 11) is 0. The van der Waals surface area contributed by atoms with Gasteiger partial charge in [0, 0.05) is 27.2 Å². The number of benzene rings is 1. The van der Waals surface area contributed by atoms with Crippen LogP contribution in [0.4, 0.5) is 0 Å². The summed E-state index contributed by atoms with van der Waals surface area (Å²) < 4.78 is 1.41. The maximum Gasteiger partial charge on any atom is 0.277 e. The summed E-state index contributed by atoms with van der Waals surface area (Å²) in [6.45, 7) is 0. The molecule has 1 aromatic carbocycles. The Balaban J connectivity index is 2.12. The molecule has 0 aliphatic rings. The standard InChI is InChI=1S/C14H7Cl3N2OS/c15-9-2-1-3-10(16)8(9)4-5-11-12(17)13(20)19-6-7-21-14(19)18-11/h1-7H/b5-4+. The molecule has 0 aliphatic carbocycles. The quantitative estimate of drug-likeness (QED) is 0.654. The minimum Gasteiger partial charge on any atom is -0.267 e. The van der Waals surface area contributed by atoms with Gasteiger partial charge in [0.25, 0.3) is 5.56 Å². The van der Waals surface area contributed by atoms with Crippen LogP contribution in [0.15, 0.2) is 34.6 Å². The molecule has 0 bridgehead atoms. The number of rotatable bonds is 2. The Morgan fingerprint density at radius 1 is 1.14 bits per heavy atom. The third kappa shape index (κ3) is 2.72. The number of thiazole rings is 1. The molecule has 0 radical (unpaired) electrons. The predicted molar refractivity (Wildman–Crippen MR) is 89.7 cm³/mol. The second-order valence-corrected chi connectivity index (χ2v) is 6.21. The molecular formula is C14H7Cl3N2OS. The first-order chi connectivity index (χ1) is 10.1. The molecule has 0 saturated carbocycles. The van der Waals surface area contributed by atoms with E-state index in [0.29, 0.717) is 26.3 Å². The van der Waals surface area contributed by atoms with Gasteiger partial charge in [-0.2, -0.15) is 0 Å². The first kappa shape index (κ1) is 14.6. The van der Waals surface area contributed by atoms with E-state index in [2.05, 4.69) is 4.98 Å². The van der Waals surface area contributed by atoms with Crippen LogP contribution in [0.2, 0.25) is 15.1 Å². The molecule has 3 nitrogen and oxygen atoms in total. The maximum atomic E-state index is 12.1. The van der Waals surface area contributed by atoms with Crippen molar-refractivity contribution in [3.05, 3.63) is 66.5 Å². The number of fused-ring (bicyclic) bond motifs is 1. The molecule has 0 atom stereocenters. The van der Waals surface area contributed by atoms with Gasteiger partial charge in [0.2, 0.25) is 0 Å². The van der Waals surface area contributed by atoms with E-state index in [4.69, 9.17) is 34.8 Å². The number of hydrogen-bond donors (Lipinski definition) is 0. The molecule has 0 spiro atoms. The van der Waals surface area contributed by atoms with Crippen molar-refractivity contribution in [1.29, 1.82) is 0 Å². The smallest absolute Gasteiger partial charge is 0.267 e. The van der Waals surface area contributed by atoms with Gasteiger partial charge >= 0.3 is 0 Å². The lowest BCUT2D eigenvalue weighted by atomic mass is 10.2. The van der Waals surface area contributed by atoms with Gasteiger partial charge in [-0.1, -0.05) is 40.9 Å². The van der Waals surface area contributed by atoms with Crippen molar-refractivity contribution in [2.45, 2.75) is 0 Å². The molecule has 3 rings (SSSR count). The second kappa shape index (κ2) is 5.81. The summed E-state index contributed by atoms with van der Waals surface area (Å²) in [6, 6.07) is 5.23. The fourth-order valence-electron chi connectivity index (χ4n) is 1.82. The largest absolute Gasteiger partial charge is 0.277 e. The summed E-state index contributed by atoms with van der Waals surface area (Å²) in [4.78, 5) is 17.0. The van der Waals surface area contributed by atoms with Crippen LogP contribution in [-0.2, 0) is 0 Å².